The maximum atomic E-state index is 10.4. The van der Waals surface area contributed by atoms with Crippen LogP contribution in [0.2, 0.25) is 0 Å². The fraction of sp³-hybridized carbons (Fsp3) is 0.923. The van der Waals surface area contributed by atoms with E-state index in [9.17, 15) is 4.79 Å². The van der Waals surface area contributed by atoms with Gasteiger partial charge in [-0.3, -0.25) is 4.79 Å². The topological polar surface area (TPSA) is 55.8 Å². The molecule has 1 rings (SSSR count). The zero-order valence-corrected chi connectivity index (χ0v) is 11.7. The van der Waals surface area contributed by atoms with E-state index in [1.165, 1.54) is 26.2 Å². The van der Waals surface area contributed by atoms with Gasteiger partial charge in [0.1, 0.15) is 0 Å². The smallest absolute Gasteiger partial charge is 0.303 e. The van der Waals surface area contributed by atoms with Gasteiger partial charge in [0.15, 0.2) is 0 Å². The standard InChI is InChI=1S/C13H27N3O2/c1-12(4-5-13(17)18)14-6-3-7-16-10-8-15(2)9-11-16/h12,14H,3-11H2,1-2H3,(H,17,18). The van der Waals surface area contributed by atoms with Gasteiger partial charge < -0.3 is 20.2 Å². The number of nitrogens with one attached hydrogen (secondary N) is 1. The van der Waals surface area contributed by atoms with Crippen LogP contribution in [0.3, 0.4) is 0 Å². The molecule has 0 aromatic carbocycles. The second-order valence-corrected chi connectivity index (χ2v) is 5.29. The number of rotatable bonds is 8. The van der Waals surface area contributed by atoms with E-state index < -0.39 is 5.97 Å². The number of piperazine rings is 1. The number of aliphatic carboxylic acids is 1. The highest BCUT2D eigenvalue weighted by Gasteiger charge is 2.12. The van der Waals surface area contributed by atoms with Crippen molar-refractivity contribution in [2.24, 2.45) is 0 Å². The Labute approximate surface area is 110 Å². The molecule has 1 fully saturated rings. The first kappa shape index (κ1) is 15.4. The Hall–Kier alpha value is -0.650. The number of carbonyl (C=O) groups is 1. The van der Waals surface area contributed by atoms with Crippen LogP contribution in [0.1, 0.15) is 26.2 Å². The van der Waals surface area contributed by atoms with Crippen molar-refractivity contribution in [3.8, 4) is 0 Å². The number of carboxylic acid groups (broad SMARTS) is 1. The summed E-state index contributed by atoms with van der Waals surface area (Å²) in [6.07, 6.45) is 2.11. The van der Waals surface area contributed by atoms with Gasteiger partial charge in [0.05, 0.1) is 0 Å². The molecule has 1 aliphatic rings. The van der Waals surface area contributed by atoms with E-state index in [4.69, 9.17) is 5.11 Å². The largest absolute Gasteiger partial charge is 0.481 e. The number of nitrogens with zero attached hydrogens (tertiary/aromatic N) is 2. The number of likely N-dealkylation sites (N-methyl/N-ethyl adjacent to an activating group) is 1. The molecule has 0 bridgehead atoms. The summed E-state index contributed by atoms with van der Waals surface area (Å²) in [5.41, 5.74) is 0. The fourth-order valence-electron chi connectivity index (χ4n) is 2.16. The molecule has 0 amide bonds. The SMILES string of the molecule is CC(CCC(=O)O)NCCCN1CCN(C)CC1. The molecule has 0 saturated carbocycles. The molecule has 2 N–H and O–H groups in total. The van der Waals surface area contributed by atoms with Crippen molar-refractivity contribution in [2.45, 2.75) is 32.2 Å². The maximum absolute atomic E-state index is 10.4. The molecule has 0 radical (unpaired) electrons. The van der Waals surface area contributed by atoms with Gasteiger partial charge in [-0.2, -0.15) is 0 Å². The van der Waals surface area contributed by atoms with Crippen LogP contribution in [0.15, 0.2) is 0 Å². The maximum Gasteiger partial charge on any atom is 0.303 e. The molecule has 0 aromatic heterocycles. The summed E-state index contributed by atoms with van der Waals surface area (Å²) in [6, 6.07) is 0.300. The van der Waals surface area contributed by atoms with Crippen molar-refractivity contribution >= 4 is 5.97 Å². The fourth-order valence-corrected chi connectivity index (χ4v) is 2.16. The highest BCUT2D eigenvalue weighted by molar-refractivity contribution is 5.66. The number of hydrogen-bond donors (Lipinski definition) is 2. The lowest BCUT2D eigenvalue weighted by Gasteiger charge is -2.32. The lowest BCUT2D eigenvalue weighted by atomic mass is 10.2. The minimum absolute atomic E-state index is 0.257. The number of hydrogen-bond acceptors (Lipinski definition) is 4. The van der Waals surface area contributed by atoms with Crippen molar-refractivity contribution in [1.82, 2.24) is 15.1 Å². The third kappa shape index (κ3) is 6.93. The van der Waals surface area contributed by atoms with Crippen molar-refractivity contribution in [1.29, 1.82) is 0 Å². The van der Waals surface area contributed by atoms with Gasteiger partial charge in [-0.1, -0.05) is 0 Å². The highest BCUT2D eigenvalue weighted by atomic mass is 16.4. The second-order valence-electron chi connectivity index (χ2n) is 5.29. The molecule has 1 unspecified atom stereocenters. The molecule has 1 saturated heterocycles. The van der Waals surface area contributed by atoms with E-state index in [1.54, 1.807) is 0 Å². The van der Waals surface area contributed by atoms with E-state index in [0.717, 1.165) is 19.5 Å². The van der Waals surface area contributed by atoms with Crippen molar-refractivity contribution in [3.05, 3.63) is 0 Å². The van der Waals surface area contributed by atoms with Gasteiger partial charge >= 0.3 is 5.97 Å². The minimum atomic E-state index is -0.707. The first-order valence-electron chi connectivity index (χ1n) is 6.94. The average molecular weight is 257 g/mol. The molecule has 5 heteroatoms. The average Bonchev–Trinajstić information content (AvgIpc) is 2.34. The highest BCUT2D eigenvalue weighted by Crippen LogP contribution is 2.00. The summed E-state index contributed by atoms with van der Waals surface area (Å²) >= 11 is 0. The third-order valence-electron chi connectivity index (χ3n) is 3.53. The minimum Gasteiger partial charge on any atom is -0.481 e. The molecular formula is C13H27N3O2. The molecule has 0 aliphatic carbocycles. The van der Waals surface area contributed by atoms with Gasteiger partial charge in [-0.05, 0) is 39.9 Å². The Morgan fingerprint density at radius 1 is 1.33 bits per heavy atom. The predicted octanol–water partition coefficient (Wildman–Crippen LogP) is 0.467. The van der Waals surface area contributed by atoms with E-state index in [1.807, 2.05) is 0 Å². The van der Waals surface area contributed by atoms with E-state index in [-0.39, 0.29) is 6.42 Å². The Morgan fingerprint density at radius 2 is 2.00 bits per heavy atom. The first-order valence-corrected chi connectivity index (χ1v) is 6.94. The van der Waals surface area contributed by atoms with E-state index in [2.05, 4.69) is 29.1 Å². The Kier molecular flexibility index (Phi) is 7.23. The number of carboxylic acids is 1. The van der Waals surface area contributed by atoms with Gasteiger partial charge in [0, 0.05) is 38.6 Å². The normalized spacial score (nSPS) is 19.9. The monoisotopic (exact) mass is 257 g/mol. The summed E-state index contributed by atoms with van der Waals surface area (Å²) in [6.45, 7) is 8.86. The van der Waals surface area contributed by atoms with Crippen molar-refractivity contribution in [3.63, 3.8) is 0 Å². The summed E-state index contributed by atoms with van der Waals surface area (Å²) in [4.78, 5) is 15.3. The quantitative estimate of drug-likeness (QED) is 0.619. The molecule has 1 heterocycles. The van der Waals surface area contributed by atoms with Crippen LogP contribution in [-0.4, -0.2) is 73.2 Å². The Balaban J connectivity index is 1.96. The van der Waals surface area contributed by atoms with Crippen LogP contribution >= 0.6 is 0 Å². The lowest BCUT2D eigenvalue weighted by Crippen LogP contribution is -2.45. The van der Waals surface area contributed by atoms with Gasteiger partial charge in [-0.15, -0.1) is 0 Å². The third-order valence-corrected chi connectivity index (χ3v) is 3.53. The molecule has 5 nitrogen and oxygen atoms in total. The molecule has 106 valence electrons. The van der Waals surface area contributed by atoms with Crippen LogP contribution in [-0.2, 0) is 4.79 Å². The second kappa shape index (κ2) is 8.45. The zero-order valence-electron chi connectivity index (χ0n) is 11.7. The Morgan fingerprint density at radius 3 is 2.61 bits per heavy atom. The van der Waals surface area contributed by atoms with E-state index >= 15 is 0 Å². The van der Waals surface area contributed by atoms with E-state index in [0.29, 0.717) is 12.5 Å². The van der Waals surface area contributed by atoms with Crippen molar-refractivity contribution in [2.75, 3.05) is 46.3 Å². The van der Waals surface area contributed by atoms with Crippen LogP contribution in [0.25, 0.3) is 0 Å². The Bertz CT molecular complexity index is 240. The summed E-state index contributed by atoms with van der Waals surface area (Å²) in [5, 5.41) is 12.0. The van der Waals surface area contributed by atoms with Crippen LogP contribution in [0, 0.1) is 0 Å². The molecule has 18 heavy (non-hydrogen) atoms. The molecular weight excluding hydrogens is 230 g/mol. The molecule has 0 spiro atoms. The molecule has 1 aliphatic heterocycles. The van der Waals surface area contributed by atoms with Crippen LogP contribution < -0.4 is 5.32 Å². The first-order chi connectivity index (χ1) is 8.58. The van der Waals surface area contributed by atoms with Crippen LogP contribution in [0.4, 0.5) is 0 Å². The van der Waals surface area contributed by atoms with Gasteiger partial charge in [-0.25, -0.2) is 0 Å². The zero-order chi connectivity index (χ0) is 13.4. The van der Waals surface area contributed by atoms with Crippen molar-refractivity contribution < 1.29 is 9.90 Å². The lowest BCUT2D eigenvalue weighted by molar-refractivity contribution is -0.137. The summed E-state index contributed by atoms with van der Waals surface area (Å²) < 4.78 is 0. The predicted molar refractivity (Wildman–Crippen MR) is 72.9 cm³/mol. The van der Waals surface area contributed by atoms with Gasteiger partial charge in [0.25, 0.3) is 0 Å². The summed E-state index contributed by atoms with van der Waals surface area (Å²) in [5.74, 6) is -0.707. The van der Waals surface area contributed by atoms with Gasteiger partial charge in [0.2, 0.25) is 0 Å². The molecule has 0 aromatic rings. The summed E-state index contributed by atoms with van der Waals surface area (Å²) in [7, 11) is 2.17. The molecule has 1 atom stereocenters. The van der Waals surface area contributed by atoms with Crippen LogP contribution in [0.5, 0.6) is 0 Å².